The van der Waals surface area contributed by atoms with Gasteiger partial charge in [-0.3, -0.25) is 0 Å². The van der Waals surface area contributed by atoms with Gasteiger partial charge in [-0.15, -0.1) is 0 Å². The van der Waals surface area contributed by atoms with Crippen molar-refractivity contribution in [3.05, 3.63) is 191 Å². The smallest absolute Gasteiger partial charge is 0.0215 e. The van der Waals surface area contributed by atoms with Gasteiger partial charge in [-0.1, -0.05) is 187 Å². The maximum atomic E-state index is 2.51. The zero-order valence-electron chi connectivity index (χ0n) is 35.8. The summed E-state index contributed by atoms with van der Waals surface area (Å²) in [5.41, 5.74) is 19.6. The molecule has 0 aliphatic heterocycles. The van der Waals surface area contributed by atoms with Crippen molar-refractivity contribution < 1.29 is 0 Å². The summed E-state index contributed by atoms with van der Waals surface area (Å²) in [6.07, 6.45) is 14.0. The van der Waals surface area contributed by atoms with E-state index in [0.717, 1.165) is 0 Å². The summed E-state index contributed by atoms with van der Waals surface area (Å²) in [7, 11) is 0. The molecule has 0 heteroatoms. The first-order chi connectivity index (χ1) is 29.5. The highest BCUT2D eigenvalue weighted by Crippen LogP contribution is 2.56. The van der Waals surface area contributed by atoms with E-state index in [2.05, 4.69) is 198 Å². The molecule has 8 aromatic rings. The van der Waals surface area contributed by atoms with Crippen LogP contribution in [-0.4, -0.2) is 0 Å². The van der Waals surface area contributed by atoms with Gasteiger partial charge in [-0.2, -0.15) is 0 Å². The van der Waals surface area contributed by atoms with Crippen LogP contribution in [0.25, 0.3) is 78.2 Å². The molecule has 0 N–H and O–H groups in total. The summed E-state index contributed by atoms with van der Waals surface area (Å²) in [5.74, 6) is 0. The Morgan fingerprint density at radius 2 is 0.650 bits per heavy atom. The Bertz CT molecular complexity index is 2720. The highest BCUT2D eigenvalue weighted by Gasteiger charge is 2.43. The van der Waals surface area contributed by atoms with E-state index in [1.807, 2.05) is 0 Å². The average Bonchev–Trinajstić information content (AvgIpc) is 3.71. The number of rotatable bonds is 12. The molecule has 0 spiro atoms. The first kappa shape index (κ1) is 38.2. The highest BCUT2D eigenvalue weighted by molar-refractivity contribution is 5.93. The van der Waals surface area contributed by atoms with Crippen molar-refractivity contribution in [1.82, 2.24) is 0 Å². The normalized spacial score (nSPS) is 14.4. The number of benzene rings is 8. The SMILES string of the molecule is CCCC1(CCC)c2ccccc2-c2ccc(-c3ccc4cc(/C=C/c5ccc6cc(-c7ccc8c(c7)C(CCC)(CCC)c7ccccc7-8)ccc6c5)ccc4c3)cc21. The summed E-state index contributed by atoms with van der Waals surface area (Å²) < 4.78 is 0. The fourth-order valence-electron chi connectivity index (χ4n) is 11.6. The predicted octanol–water partition coefficient (Wildman–Crippen LogP) is 17.2. The van der Waals surface area contributed by atoms with Crippen LogP contribution in [0.5, 0.6) is 0 Å². The Labute approximate surface area is 357 Å². The van der Waals surface area contributed by atoms with E-state index in [1.54, 1.807) is 0 Å². The van der Waals surface area contributed by atoms with Crippen LogP contribution in [0.15, 0.2) is 158 Å². The molecule has 0 radical (unpaired) electrons. The largest absolute Gasteiger partial charge is 0.0653 e. The van der Waals surface area contributed by atoms with Crippen molar-refractivity contribution in [2.75, 3.05) is 0 Å². The summed E-state index contributed by atoms with van der Waals surface area (Å²) in [4.78, 5) is 0. The first-order valence-electron chi connectivity index (χ1n) is 22.7. The third kappa shape index (κ3) is 6.26. The Morgan fingerprint density at radius 1 is 0.317 bits per heavy atom. The molecule has 2 aliphatic carbocycles. The summed E-state index contributed by atoms with van der Waals surface area (Å²) in [6.45, 7) is 9.35. The van der Waals surface area contributed by atoms with E-state index in [4.69, 9.17) is 0 Å². The molecule has 0 saturated carbocycles. The third-order valence-electron chi connectivity index (χ3n) is 14.1. The lowest BCUT2D eigenvalue weighted by Gasteiger charge is -2.32. The zero-order chi connectivity index (χ0) is 40.8. The minimum Gasteiger partial charge on any atom is -0.0653 e. The van der Waals surface area contributed by atoms with Crippen LogP contribution in [0.3, 0.4) is 0 Å². The fraction of sp³-hybridized carbons (Fsp3) is 0.233. The molecule has 0 bridgehead atoms. The molecule has 0 amide bonds. The van der Waals surface area contributed by atoms with E-state index in [9.17, 15) is 0 Å². The van der Waals surface area contributed by atoms with Crippen molar-refractivity contribution in [2.45, 2.75) is 89.9 Å². The molecule has 10 rings (SSSR count). The first-order valence-corrected chi connectivity index (χ1v) is 22.7. The van der Waals surface area contributed by atoms with Crippen LogP contribution in [0.2, 0.25) is 0 Å². The summed E-state index contributed by atoms with van der Waals surface area (Å²) in [5, 5.41) is 5.09. The lowest BCUT2D eigenvalue weighted by Crippen LogP contribution is -2.25. The molecule has 296 valence electrons. The second-order valence-electron chi connectivity index (χ2n) is 17.8. The van der Waals surface area contributed by atoms with Gasteiger partial charge >= 0.3 is 0 Å². The molecule has 0 saturated heterocycles. The van der Waals surface area contributed by atoms with Gasteiger partial charge in [0.15, 0.2) is 0 Å². The molecular weight excluding hydrogens is 721 g/mol. The molecular formula is C60H56. The molecule has 0 heterocycles. The van der Waals surface area contributed by atoms with Crippen molar-refractivity contribution in [2.24, 2.45) is 0 Å². The average molecular weight is 777 g/mol. The minimum atomic E-state index is 0.101. The van der Waals surface area contributed by atoms with Crippen LogP contribution in [0, 0.1) is 0 Å². The maximum absolute atomic E-state index is 2.51. The third-order valence-corrected chi connectivity index (χ3v) is 14.1. The van der Waals surface area contributed by atoms with E-state index in [0.29, 0.717) is 0 Å². The second-order valence-corrected chi connectivity index (χ2v) is 17.8. The van der Waals surface area contributed by atoms with Gasteiger partial charge in [-0.25, -0.2) is 0 Å². The molecule has 0 fully saturated rings. The highest BCUT2D eigenvalue weighted by atomic mass is 14.5. The van der Waals surface area contributed by atoms with Gasteiger partial charge in [0.1, 0.15) is 0 Å². The minimum absolute atomic E-state index is 0.101. The van der Waals surface area contributed by atoms with Gasteiger partial charge < -0.3 is 0 Å². The van der Waals surface area contributed by atoms with Crippen LogP contribution in [-0.2, 0) is 10.8 Å². The second kappa shape index (κ2) is 15.6. The molecule has 8 aromatic carbocycles. The Hall–Kier alpha value is -5.98. The molecule has 2 aliphatic rings. The lowest BCUT2D eigenvalue weighted by molar-refractivity contribution is 0.436. The van der Waals surface area contributed by atoms with Gasteiger partial charge in [0.2, 0.25) is 0 Å². The number of hydrogen-bond acceptors (Lipinski definition) is 0. The molecule has 60 heavy (non-hydrogen) atoms. The summed E-state index contributed by atoms with van der Waals surface area (Å²) in [6, 6.07) is 60.5. The zero-order valence-corrected chi connectivity index (χ0v) is 35.8. The van der Waals surface area contributed by atoms with E-state index >= 15 is 0 Å². The van der Waals surface area contributed by atoms with Crippen molar-refractivity contribution in [1.29, 1.82) is 0 Å². The van der Waals surface area contributed by atoms with Gasteiger partial charge in [-0.05, 0) is 162 Å². The van der Waals surface area contributed by atoms with Crippen molar-refractivity contribution in [3.8, 4) is 44.5 Å². The Balaban J connectivity index is 0.896. The Morgan fingerprint density at radius 3 is 1.07 bits per heavy atom. The molecule has 0 atom stereocenters. The van der Waals surface area contributed by atoms with Crippen molar-refractivity contribution >= 4 is 33.7 Å². The number of fused-ring (bicyclic) bond motifs is 8. The molecule has 0 aromatic heterocycles. The predicted molar refractivity (Wildman–Crippen MR) is 260 cm³/mol. The quantitative estimate of drug-likeness (QED) is 0.108. The summed E-state index contributed by atoms with van der Waals surface area (Å²) >= 11 is 0. The monoisotopic (exact) mass is 776 g/mol. The van der Waals surface area contributed by atoms with Gasteiger partial charge in [0.25, 0.3) is 0 Å². The van der Waals surface area contributed by atoms with E-state index in [-0.39, 0.29) is 10.8 Å². The fourth-order valence-corrected chi connectivity index (χ4v) is 11.6. The lowest BCUT2D eigenvalue weighted by atomic mass is 9.71. The molecule has 0 nitrogen and oxygen atoms in total. The van der Waals surface area contributed by atoms with Crippen LogP contribution >= 0.6 is 0 Å². The van der Waals surface area contributed by atoms with E-state index in [1.165, 1.54) is 151 Å². The maximum Gasteiger partial charge on any atom is 0.0215 e. The van der Waals surface area contributed by atoms with Crippen LogP contribution in [0.4, 0.5) is 0 Å². The van der Waals surface area contributed by atoms with Crippen LogP contribution < -0.4 is 0 Å². The molecule has 0 unspecified atom stereocenters. The number of hydrogen-bond donors (Lipinski definition) is 0. The van der Waals surface area contributed by atoms with Crippen molar-refractivity contribution in [3.63, 3.8) is 0 Å². The topological polar surface area (TPSA) is 0 Å². The van der Waals surface area contributed by atoms with E-state index < -0.39 is 0 Å². The Kier molecular flexibility index (Phi) is 9.92. The van der Waals surface area contributed by atoms with Gasteiger partial charge in [0, 0.05) is 10.8 Å². The van der Waals surface area contributed by atoms with Gasteiger partial charge in [0.05, 0.1) is 0 Å². The standard InChI is InChI=1S/C60H56/c1-5-31-59(32-6-2)55-15-11-9-13-51(55)53-29-27-49(39-57(53)59)47-25-23-43-35-41(19-21-45(43)37-47)17-18-42-20-22-46-38-48(26-24-44(46)36-42)50-28-30-54-52-14-10-12-16-56(52)60(33-7-3,34-8-4)58(54)40-50/h9-30,35-40H,5-8,31-34H2,1-4H3/b18-17+. The van der Waals surface area contributed by atoms with Crippen LogP contribution in [0.1, 0.15) is 112 Å².